The molecule has 5 heteroatoms. The van der Waals surface area contributed by atoms with E-state index in [2.05, 4.69) is 31.6 Å². The number of aromatic nitrogens is 2. The van der Waals surface area contributed by atoms with Gasteiger partial charge in [-0.1, -0.05) is 0 Å². The normalized spacial score (nSPS) is 9.93. The number of nitrogens with zero attached hydrogens (tertiary/aromatic N) is 2. The van der Waals surface area contributed by atoms with E-state index >= 15 is 0 Å². The van der Waals surface area contributed by atoms with Crippen LogP contribution >= 0.6 is 0 Å². The number of nitrogen functional groups attached to an aromatic ring is 2. The molecule has 4 aromatic rings. The van der Waals surface area contributed by atoms with Crippen LogP contribution in [0.15, 0.2) is 60.7 Å². The summed E-state index contributed by atoms with van der Waals surface area (Å²) in [6.07, 6.45) is 0. The summed E-state index contributed by atoms with van der Waals surface area (Å²) in [7, 11) is 0. The van der Waals surface area contributed by atoms with Gasteiger partial charge in [-0.25, -0.2) is 0 Å². The van der Waals surface area contributed by atoms with Gasteiger partial charge in [0.05, 0.1) is 0 Å². The summed E-state index contributed by atoms with van der Waals surface area (Å²) >= 11 is -0.154. The molecule has 4 nitrogen and oxygen atoms in total. The topological polar surface area (TPSA) is 77.8 Å². The van der Waals surface area contributed by atoms with Gasteiger partial charge in [-0.15, -0.1) is 0 Å². The number of hydrogen-bond acceptors (Lipinski definition) is 4. The molecule has 27 heavy (non-hydrogen) atoms. The van der Waals surface area contributed by atoms with Crippen molar-refractivity contribution in [1.29, 1.82) is 0 Å². The third-order valence-electron chi connectivity index (χ3n) is 3.92. The molecule has 0 amide bonds. The summed E-state index contributed by atoms with van der Waals surface area (Å²) in [5, 5.41) is 0. The molecule has 0 atom stereocenters. The zero-order valence-electron chi connectivity index (χ0n) is 14.2. The van der Waals surface area contributed by atoms with Crippen LogP contribution in [0.5, 0.6) is 0 Å². The molecule has 1 heterocycles. The number of nitrogens with two attached hydrogens (primary N) is 2. The first-order chi connectivity index (χ1) is 13.2. The molecule has 0 aliphatic heterocycles. The Labute approximate surface area is 163 Å². The van der Waals surface area contributed by atoms with Gasteiger partial charge in [0, 0.05) is 0 Å². The molecule has 0 saturated carbocycles. The van der Waals surface area contributed by atoms with E-state index in [1.54, 1.807) is 0 Å². The Morgan fingerprint density at radius 1 is 0.556 bits per heavy atom. The van der Waals surface area contributed by atoms with Crippen molar-refractivity contribution in [1.82, 2.24) is 7.96 Å². The fourth-order valence-electron chi connectivity index (χ4n) is 2.48. The van der Waals surface area contributed by atoms with Gasteiger partial charge in [-0.2, -0.15) is 0 Å². The fourth-order valence-corrected chi connectivity index (χ4v) is 3.68. The van der Waals surface area contributed by atoms with Crippen LogP contribution in [-0.4, -0.2) is 22.9 Å². The third kappa shape index (κ3) is 3.86. The van der Waals surface area contributed by atoms with Crippen LogP contribution in [-0.2, 0) is 0 Å². The van der Waals surface area contributed by atoms with Gasteiger partial charge in [-0.3, -0.25) is 0 Å². The Balaban J connectivity index is 1.69. The van der Waals surface area contributed by atoms with E-state index in [-0.39, 0.29) is 15.0 Å². The predicted molar refractivity (Wildman–Crippen MR) is 110 cm³/mol. The Morgan fingerprint density at radius 3 is 1.37 bits per heavy atom. The van der Waals surface area contributed by atoms with Crippen LogP contribution in [0.25, 0.3) is 11.0 Å². The molecule has 1 aromatic heterocycles. The van der Waals surface area contributed by atoms with Crippen LogP contribution in [0.1, 0.15) is 22.3 Å². The number of benzene rings is 3. The zero-order chi connectivity index (χ0) is 18.6. The van der Waals surface area contributed by atoms with Crippen molar-refractivity contribution in [3.63, 3.8) is 0 Å². The SMILES string of the molecule is Nc1ccc(C#Cc2ccc(C#Cc3ccc(N)cc3)c3n[se]nc23)cc1. The van der Waals surface area contributed by atoms with Crippen molar-refractivity contribution in [3.8, 4) is 23.7 Å². The first kappa shape index (κ1) is 16.9. The minimum atomic E-state index is -0.154. The summed E-state index contributed by atoms with van der Waals surface area (Å²) < 4.78 is 9.08. The summed E-state index contributed by atoms with van der Waals surface area (Å²) in [5.41, 5.74) is 18.1. The van der Waals surface area contributed by atoms with Gasteiger partial charge >= 0.3 is 163 Å². The number of fused-ring (bicyclic) bond motifs is 1. The molecular formula is C22H14N4Se. The molecule has 3 aromatic carbocycles. The molecule has 0 unspecified atom stereocenters. The molecule has 0 aliphatic rings. The van der Waals surface area contributed by atoms with Crippen LogP contribution < -0.4 is 11.5 Å². The maximum atomic E-state index is 5.71. The van der Waals surface area contributed by atoms with Gasteiger partial charge < -0.3 is 0 Å². The van der Waals surface area contributed by atoms with E-state index in [1.807, 2.05) is 60.7 Å². The van der Waals surface area contributed by atoms with Gasteiger partial charge in [0.1, 0.15) is 0 Å². The number of hydrogen-bond donors (Lipinski definition) is 2. The van der Waals surface area contributed by atoms with Crippen LogP contribution in [0.4, 0.5) is 11.4 Å². The Morgan fingerprint density at radius 2 is 0.963 bits per heavy atom. The van der Waals surface area contributed by atoms with Crippen molar-refractivity contribution in [3.05, 3.63) is 82.9 Å². The second-order valence-corrected chi connectivity index (χ2v) is 6.97. The maximum absolute atomic E-state index is 5.71. The summed E-state index contributed by atoms with van der Waals surface area (Å²) in [6.45, 7) is 0. The summed E-state index contributed by atoms with van der Waals surface area (Å²) in [5.74, 6) is 12.7. The average molecular weight is 413 g/mol. The predicted octanol–water partition coefficient (Wildman–Crippen LogP) is 2.65. The van der Waals surface area contributed by atoms with E-state index in [9.17, 15) is 0 Å². The molecule has 4 rings (SSSR count). The molecule has 0 bridgehead atoms. The summed E-state index contributed by atoms with van der Waals surface area (Å²) in [6, 6.07) is 18.9. The zero-order valence-corrected chi connectivity index (χ0v) is 15.9. The second kappa shape index (κ2) is 7.40. The first-order valence-electron chi connectivity index (χ1n) is 8.19. The number of anilines is 2. The molecule has 0 radical (unpaired) electrons. The molecule has 0 aliphatic carbocycles. The van der Waals surface area contributed by atoms with E-state index < -0.39 is 0 Å². The van der Waals surface area contributed by atoms with Crippen molar-refractivity contribution in [2.75, 3.05) is 11.5 Å². The second-order valence-electron chi connectivity index (χ2n) is 5.87. The molecule has 0 spiro atoms. The Hall–Kier alpha value is -3.50. The Kier molecular flexibility index (Phi) is 4.64. The van der Waals surface area contributed by atoms with Crippen LogP contribution in [0, 0.1) is 23.7 Å². The fraction of sp³-hybridized carbons (Fsp3) is 0. The molecular weight excluding hydrogens is 399 g/mol. The molecule has 4 N–H and O–H groups in total. The van der Waals surface area contributed by atoms with E-state index in [1.165, 1.54) is 0 Å². The number of rotatable bonds is 0. The van der Waals surface area contributed by atoms with E-state index in [0.29, 0.717) is 0 Å². The van der Waals surface area contributed by atoms with Gasteiger partial charge in [0.15, 0.2) is 0 Å². The van der Waals surface area contributed by atoms with Gasteiger partial charge in [0.25, 0.3) is 0 Å². The van der Waals surface area contributed by atoms with Gasteiger partial charge in [0.2, 0.25) is 0 Å². The van der Waals surface area contributed by atoms with Crippen molar-refractivity contribution < 1.29 is 0 Å². The van der Waals surface area contributed by atoms with Crippen molar-refractivity contribution in [2.45, 2.75) is 0 Å². The molecule has 128 valence electrons. The summed E-state index contributed by atoms with van der Waals surface area (Å²) in [4.78, 5) is 0. The minimum absolute atomic E-state index is 0.154. The molecule has 0 fully saturated rings. The molecule has 0 saturated heterocycles. The van der Waals surface area contributed by atoms with Gasteiger partial charge in [-0.05, 0) is 0 Å². The van der Waals surface area contributed by atoms with E-state index in [4.69, 9.17) is 11.5 Å². The van der Waals surface area contributed by atoms with E-state index in [0.717, 1.165) is 44.7 Å². The average Bonchev–Trinajstić information content (AvgIpc) is 3.18. The standard InChI is InChI=1S/C22H14N4Se/c23-19-11-3-15(4-12-19)1-7-17-9-10-18(22-21(17)25-27-26-22)8-2-16-5-13-20(24)14-6-16/h3-6,9-14H,23-24H2. The van der Waals surface area contributed by atoms with Crippen LogP contribution in [0.3, 0.4) is 0 Å². The first-order valence-corrected chi connectivity index (χ1v) is 9.73. The quantitative estimate of drug-likeness (QED) is 0.264. The van der Waals surface area contributed by atoms with Crippen LogP contribution in [0.2, 0.25) is 0 Å². The monoisotopic (exact) mass is 414 g/mol. The Bertz CT molecular complexity index is 1130. The van der Waals surface area contributed by atoms with Crippen molar-refractivity contribution in [2.24, 2.45) is 0 Å². The third-order valence-corrected chi connectivity index (χ3v) is 5.03. The van der Waals surface area contributed by atoms with Crippen molar-refractivity contribution >= 4 is 37.4 Å².